The number of hydrogen-bond acceptors (Lipinski definition) is 8. The van der Waals surface area contributed by atoms with Crippen LogP contribution in [0.1, 0.15) is 43.1 Å². The molecule has 0 unspecified atom stereocenters. The molecule has 0 aliphatic heterocycles. The molecule has 0 fully saturated rings. The standard InChI is InChI=1S/C24H26N6O3S2/c1-3-4-5-19-7-6-18(16-25)23(29-19)34-15-13-22(31)28-20-8-10-21(11-9-20)35(32,33)30-24-26-14-12-17(2)27-24/h6-12,14H,3-5,13,15H2,1-2H3,(H,28,31)(H,26,27,30). The summed E-state index contributed by atoms with van der Waals surface area (Å²) in [5.41, 5.74) is 2.55. The first-order valence-electron chi connectivity index (χ1n) is 11.1. The summed E-state index contributed by atoms with van der Waals surface area (Å²) in [7, 11) is -3.86. The molecule has 0 atom stereocenters. The van der Waals surface area contributed by atoms with Gasteiger partial charge in [0.1, 0.15) is 11.1 Å². The first kappa shape index (κ1) is 26.1. The molecule has 0 saturated heterocycles. The Bertz CT molecular complexity index is 1320. The largest absolute Gasteiger partial charge is 0.326 e. The van der Waals surface area contributed by atoms with Gasteiger partial charge in [-0.05, 0) is 62.2 Å². The molecular formula is C24H26N6O3S2. The van der Waals surface area contributed by atoms with Gasteiger partial charge >= 0.3 is 0 Å². The highest BCUT2D eigenvalue weighted by molar-refractivity contribution is 7.99. The summed E-state index contributed by atoms with van der Waals surface area (Å²) in [4.78, 5) is 24.9. The molecule has 2 N–H and O–H groups in total. The summed E-state index contributed by atoms with van der Waals surface area (Å²) >= 11 is 1.37. The maximum absolute atomic E-state index is 12.5. The number of nitrogens with one attached hydrogen (secondary N) is 2. The van der Waals surface area contributed by atoms with Crippen LogP contribution in [0.5, 0.6) is 0 Å². The Hall–Kier alpha value is -3.49. The first-order valence-corrected chi connectivity index (χ1v) is 13.5. The van der Waals surface area contributed by atoms with Crippen LogP contribution >= 0.6 is 11.8 Å². The van der Waals surface area contributed by atoms with E-state index in [9.17, 15) is 18.5 Å². The molecule has 3 aromatic rings. The van der Waals surface area contributed by atoms with E-state index in [1.807, 2.05) is 6.07 Å². The van der Waals surface area contributed by atoms with Crippen LogP contribution in [0.3, 0.4) is 0 Å². The summed E-state index contributed by atoms with van der Waals surface area (Å²) in [5.74, 6) is 0.224. The van der Waals surface area contributed by atoms with E-state index in [-0.39, 0.29) is 23.2 Å². The number of rotatable bonds is 11. The summed E-state index contributed by atoms with van der Waals surface area (Å²) in [6.45, 7) is 3.85. The van der Waals surface area contributed by atoms with Crippen molar-refractivity contribution < 1.29 is 13.2 Å². The number of thioether (sulfide) groups is 1. The third kappa shape index (κ3) is 7.77. The van der Waals surface area contributed by atoms with Crippen molar-refractivity contribution in [3.05, 3.63) is 65.6 Å². The van der Waals surface area contributed by atoms with Crippen molar-refractivity contribution in [2.24, 2.45) is 0 Å². The van der Waals surface area contributed by atoms with Gasteiger partial charge in [-0.1, -0.05) is 13.3 Å². The van der Waals surface area contributed by atoms with Gasteiger partial charge in [0.05, 0.1) is 10.5 Å². The molecular weight excluding hydrogens is 484 g/mol. The minimum Gasteiger partial charge on any atom is -0.326 e. The molecule has 182 valence electrons. The number of unbranched alkanes of at least 4 members (excludes halogenated alkanes) is 1. The molecule has 0 bridgehead atoms. The van der Waals surface area contributed by atoms with E-state index in [2.05, 4.69) is 38.0 Å². The quantitative estimate of drug-likeness (QED) is 0.364. The Balaban J connectivity index is 1.54. The number of aromatic nitrogens is 3. The van der Waals surface area contributed by atoms with E-state index < -0.39 is 10.0 Å². The fourth-order valence-electron chi connectivity index (χ4n) is 3.03. The maximum Gasteiger partial charge on any atom is 0.264 e. The fraction of sp³-hybridized carbons (Fsp3) is 0.292. The molecule has 1 amide bonds. The van der Waals surface area contributed by atoms with Crippen molar-refractivity contribution in [2.45, 2.75) is 49.5 Å². The van der Waals surface area contributed by atoms with Gasteiger partial charge < -0.3 is 5.32 Å². The van der Waals surface area contributed by atoms with Gasteiger partial charge in [0.15, 0.2) is 0 Å². The van der Waals surface area contributed by atoms with E-state index in [0.717, 1.165) is 25.0 Å². The highest BCUT2D eigenvalue weighted by Gasteiger charge is 2.16. The summed E-state index contributed by atoms with van der Waals surface area (Å²) in [6, 6.07) is 13.3. The van der Waals surface area contributed by atoms with Crippen LogP contribution in [0, 0.1) is 18.3 Å². The van der Waals surface area contributed by atoms with Crippen LogP contribution in [0.25, 0.3) is 0 Å². The molecule has 9 nitrogen and oxygen atoms in total. The first-order chi connectivity index (χ1) is 16.8. The molecule has 1 aromatic carbocycles. The maximum atomic E-state index is 12.5. The number of benzene rings is 1. The minimum absolute atomic E-state index is 0.00942. The molecule has 3 rings (SSSR count). The fourth-order valence-corrected chi connectivity index (χ4v) is 4.91. The molecule has 11 heteroatoms. The van der Waals surface area contributed by atoms with Gasteiger partial charge in [-0.3, -0.25) is 4.79 Å². The minimum atomic E-state index is -3.86. The number of sulfonamides is 1. The van der Waals surface area contributed by atoms with E-state index >= 15 is 0 Å². The van der Waals surface area contributed by atoms with E-state index in [0.29, 0.717) is 27.7 Å². The monoisotopic (exact) mass is 510 g/mol. The number of nitriles is 1. The van der Waals surface area contributed by atoms with E-state index in [1.54, 1.807) is 19.1 Å². The number of anilines is 2. The lowest BCUT2D eigenvalue weighted by atomic mass is 10.2. The van der Waals surface area contributed by atoms with Gasteiger partial charge in [0.25, 0.3) is 10.0 Å². The third-order valence-corrected chi connectivity index (χ3v) is 7.20. The summed E-state index contributed by atoms with van der Waals surface area (Å²) < 4.78 is 27.4. The molecule has 2 heterocycles. The second-order valence-electron chi connectivity index (χ2n) is 7.67. The lowest BCUT2D eigenvalue weighted by molar-refractivity contribution is -0.115. The number of amides is 1. The van der Waals surface area contributed by atoms with Gasteiger partial charge in [0.2, 0.25) is 11.9 Å². The Morgan fingerprint density at radius 1 is 1.11 bits per heavy atom. The lowest BCUT2D eigenvalue weighted by Crippen LogP contribution is -2.16. The summed E-state index contributed by atoms with van der Waals surface area (Å²) in [5, 5.41) is 12.7. The predicted molar refractivity (Wildman–Crippen MR) is 136 cm³/mol. The van der Waals surface area contributed by atoms with Crippen LogP contribution < -0.4 is 10.0 Å². The normalized spacial score (nSPS) is 11.0. The van der Waals surface area contributed by atoms with Crippen molar-refractivity contribution in [3.8, 4) is 6.07 Å². The van der Waals surface area contributed by atoms with Gasteiger partial charge in [-0.25, -0.2) is 28.1 Å². The van der Waals surface area contributed by atoms with Crippen molar-refractivity contribution in [1.29, 1.82) is 5.26 Å². The molecule has 2 aromatic heterocycles. The number of nitrogens with zero attached hydrogens (tertiary/aromatic N) is 4. The SMILES string of the molecule is CCCCc1ccc(C#N)c(SCCC(=O)Nc2ccc(S(=O)(=O)Nc3nccc(C)n3)cc2)n1. The number of carbonyl (C=O) groups excluding carboxylic acids is 1. The number of hydrogen-bond donors (Lipinski definition) is 2. The van der Waals surface area contributed by atoms with Crippen LogP contribution in [0.4, 0.5) is 11.6 Å². The second-order valence-corrected chi connectivity index (χ2v) is 10.4. The zero-order valence-electron chi connectivity index (χ0n) is 19.5. The molecule has 0 saturated carbocycles. The highest BCUT2D eigenvalue weighted by Crippen LogP contribution is 2.22. The molecule has 0 aliphatic carbocycles. The van der Waals surface area contributed by atoms with Crippen molar-refractivity contribution in [2.75, 3.05) is 15.8 Å². The molecule has 0 radical (unpaired) electrons. The number of carbonyl (C=O) groups is 1. The number of aryl methyl sites for hydroxylation is 2. The zero-order valence-corrected chi connectivity index (χ0v) is 21.1. The van der Waals surface area contributed by atoms with Crippen molar-refractivity contribution >= 4 is 39.3 Å². The number of pyridine rings is 1. The smallest absolute Gasteiger partial charge is 0.264 e. The second kappa shape index (κ2) is 12.3. The Morgan fingerprint density at radius 3 is 2.57 bits per heavy atom. The summed E-state index contributed by atoms with van der Waals surface area (Å²) in [6.07, 6.45) is 4.63. The van der Waals surface area contributed by atoms with Gasteiger partial charge in [-0.15, -0.1) is 11.8 Å². The van der Waals surface area contributed by atoms with Gasteiger partial charge in [-0.2, -0.15) is 5.26 Å². The Labute approximate surface area is 209 Å². The van der Waals surface area contributed by atoms with Crippen LogP contribution in [0.2, 0.25) is 0 Å². The predicted octanol–water partition coefficient (Wildman–Crippen LogP) is 4.32. The van der Waals surface area contributed by atoms with Crippen LogP contribution in [-0.4, -0.2) is 35.0 Å². The topological polar surface area (TPSA) is 138 Å². The zero-order chi connectivity index (χ0) is 25.3. The van der Waals surface area contributed by atoms with E-state index in [4.69, 9.17) is 0 Å². The Morgan fingerprint density at radius 2 is 1.89 bits per heavy atom. The lowest BCUT2D eigenvalue weighted by Gasteiger charge is -2.09. The van der Waals surface area contributed by atoms with E-state index in [1.165, 1.54) is 42.2 Å². The average Bonchev–Trinajstić information content (AvgIpc) is 2.83. The molecule has 0 spiro atoms. The average molecular weight is 511 g/mol. The van der Waals surface area contributed by atoms with Crippen LogP contribution in [0.15, 0.2) is 58.6 Å². The van der Waals surface area contributed by atoms with Crippen LogP contribution in [-0.2, 0) is 21.2 Å². The van der Waals surface area contributed by atoms with Crippen molar-refractivity contribution in [1.82, 2.24) is 15.0 Å². The van der Waals surface area contributed by atoms with Gasteiger partial charge in [0, 0.05) is 35.4 Å². The highest BCUT2D eigenvalue weighted by atomic mass is 32.2. The molecule has 35 heavy (non-hydrogen) atoms. The molecule has 0 aliphatic rings. The third-order valence-electron chi connectivity index (χ3n) is 4.86. The Kier molecular flexibility index (Phi) is 9.17. The van der Waals surface area contributed by atoms with Crippen molar-refractivity contribution in [3.63, 3.8) is 0 Å².